The largest absolute Gasteiger partial charge is 0.462 e. The lowest BCUT2D eigenvalue weighted by Crippen LogP contribution is -2.61. The van der Waals surface area contributed by atoms with E-state index >= 15 is 0 Å². The Hall–Kier alpha value is -6.42. The summed E-state index contributed by atoms with van der Waals surface area (Å²) in [5.74, 6) is -16.6. The number of esters is 6. The van der Waals surface area contributed by atoms with Crippen molar-refractivity contribution in [2.24, 2.45) is 17.3 Å². The predicted molar refractivity (Wildman–Crippen MR) is 340 cm³/mol. The monoisotopic (exact) mass is 1590 g/mol. The van der Waals surface area contributed by atoms with E-state index in [0.717, 1.165) is 13.8 Å². The molecule has 1 saturated carbocycles. The minimum Gasteiger partial charge on any atom is -0.462 e. The number of hydrogen-bond donors (Lipinski definition) is 6. The second-order valence-corrected chi connectivity index (χ2v) is 27.3. The van der Waals surface area contributed by atoms with Crippen LogP contribution in [0.2, 0.25) is 0 Å². The van der Waals surface area contributed by atoms with E-state index in [0.29, 0.717) is 52.7 Å². The van der Waals surface area contributed by atoms with Crippen molar-refractivity contribution in [1.29, 1.82) is 0 Å². The molecule has 620 valence electrons. The van der Waals surface area contributed by atoms with Gasteiger partial charge in [0.25, 0.3) is 0 Å². The summed E-state index contributed by atoms with van der Waals surface area (Å²) in [5.41, 5.74) is -17.2. The quantitative estimate of drug-likeness (QED) is 0.0163. The molecule has 1 heterocycles. The molecule has 6 N–H and O–H groups in total. The molecule has 19 nitrogen and oxygen atoms in total. The molecule has 0 bridgehead atoms. The fourth-order valence-corrected chi connectivity index (χ4v) is 8.17. The fraction of sp³-hybridized carbons (Fsp3) is 0.731. The van der Waals surface area contributed by atoms with Crippen molar-refractivity contribution in [3.63, 3.8) is 0 Å². The van der Waals surface area contributed by atoms with Crippen molar-refractivity contribution in [3.8, 4) is 0 Å². The molecular formula is C67H98F20O19. The number of aliphatic hydroxyl groups is 6. The topological polar surface area (TPSA) is 288 Å². The van der Waals surface area contributed by atoms with E-state index in [2.05, 4.69) is 63.2 Å². The standard InChI is InChI=1S/C16H22F6O3.C11H13F5O4.C11H17F3O3.C10H15F3O3.C10H18O3.C9H13F3O3/c1-9(2)12(23)25-14(4,16(20,21)22)11-7-5-10(6-8-11)13(3,24)15(17,18)19;1-6(2)7(17)19-4-8(3)5-20-10(18,9(8,12)13)11(14,15)16;1-5-8(17-9(15)7(2)3)6-10(4,16)11(12,13)14;1-6(2)8(14)16-7(3)5-9(4,15)10(11,12)13;1-8(2)9(11)13-7-5-6-10(3,4)12;1-6(2)7(13)15-5-4-8(3,14)9(10,11)12/h10-11,24H,1,5-8H2,2-4H3;18H,1,4-5H2,2-3H3;8,16H,2,5-6H2,1,3-4H3;7,15H,1,5H2,2-4H3;12H,1,5-7H2,2-4H3;14H,1,4-5H2,2-3H3. The van der Waals surface area contributed by atoms with E-state index in [1.165, 1.54) is 41.5 Å². The van der Waals surface area contributed by atoms with Crippen molar-refractivity contribution in [3.05, 3.63) is 72.9 Å². The minimum atomic E-state index is -5.69. The summed E-state index contributed by atoms with van der Waals surface area (Å²) in [6, 6.07) is 0. The molecule has 39 heteroatoms. The second-order valence-electron chi connectivity index (χ2n) is 27.3. The summed E-state index contributed by atoms with van der Waals surface area (Å²) in [4.78, 5) is 66.6. The zero-order valence-corrected chi connectivity index (χ0v) is 61.5. The van der Waals surface area contributed by atoms with E-state index in [-0.39, 0.29) is 65.9 Å². The molecule has 106 heavy (non-hydrogen) atoms. The van der Waals surface area contributed by atoms with Crippen LogP contribution in [0.5, 0.6) is 0 Å². The van der Waals surface area contributed by atoms with Gasteiger partial charge >= 0.3 is 84.6 Å². The van der Waals surface area contributed by atoms with Crippen molar-refractivity contribution >= 4 is 35.8 Å². The highest BCUT2D eigenvalue weighted by Crippen LogP contribution is 2.57. The van der Waals surface area contributed by atoms with Crippen LogP contribution in [0.15, 0.2) is 72.9 Å². The van der Waals surface area contributed by atoms with Crippen LogP contribution >= 0.6 is 0 Å². The zero-order chi connectivity index (χ0) is 85.6. The molecule has 1 aliphatic carbocycles. The first kappa shape index (κ1) is 106. The lowest BCUT2D eigenvalue weighted by molar-refractivity contribution is -0.408. The Kier molecular flexibility index (Phi) is 40.3. The highest BCUT2D eigenvalue weighted by molar-refractivity contribution is 5.89. The molecule has 0 radical (unpaired) electrons. The Bertz CT molecular complexity index is 2960. The number of hydrogen-bond acceptors (Lipinski definition) is 19. The number of ether oxygens (including phenoxy) is 7. The molecule has 0 aromatic heterocycles. The number of halogens is 20. The average Bonchev–Trinajstić information content (AvgIpc) is 1.55. The number of carbonyl (C=O) groups is 6. The summed E-state index contributed by atoms with van der Waals surface area (Å²) in [7, 11) is 0. The first-order valence-electron chi connectivity index (χ1n) is 31.6. The van der Waals surface area contributed by atoms with Gasteiger partial charge in [-0.15, -0.1) is 0 Å². The third-order valence-corrected chi connectivity index (χ3v) is 15.7. The van der Waals surface area contributed by atoms with Gasteiger partial charge in [0.1, 0.15) is 18.8 Å². The van der Waals surface area contributed by atoms with Crippen molar-refractivity contribution in [2.75, 3.05) is 26.4 Å². The van der Waals surface area contributed by atoms with Gasteiger partial charge in [-0.2, -0.15) is 87.8 Å². The highest BCUT2D eigenvalue weighted by Gasteiger charge is 2.81. The molecule has 0 aromatic rings. The van der Waals surface area contributed by atoms with Crippen LogP contribution in [0.3, 0.4) is 0 Å². The van der Waals surface area contributed by atoms with Crippen LogP contribution in [0.4, 0.5) is 87.8 Å². The van der Waals surface area contributed by atoms with Gasteiger partial charge < -0.3 is 63.8 Å². The van der Waals surface area contributed by atoms with Gasteiger partial charge in [-0.05, 0) is 155 Å². The maximum Gasteiger partial charge on any atom is 0.449 e. The van der Waals surface area contributed by atoms with Crippen molar-refractivity contribution in [1.82, 2.24) is 0 Å². The Morgan fingerprint density at radius 3 is 1.15 bits per heavy atom. The first-order chi connectivity index (χ1) is 46.7. The molecule has 1 aliphatic heterocycles. The van der Waals surface area contributed by atoms with Crippen molar-refractivity contribution in [2.45, 2.75) is 270 Å². The van der Waals surface area contributed by atoms with Crippen LogP contribution in [0, 0.1) is 17.3 Å². The molecule has 2 aliphatic rings. The maximum absolute atomic E-state index is 13.9. The molecular weight excluding hydrogens is 1490 g/mol. The van der Waals surface area contributed by atoms with Crippen LogP contribution in [0.25, 0.3) is 0 Å². The van der Waals surface area contributed by atoms with Crippen LogP contribution in [-0.4, -0.2) is 187 Å². The number of rotatable bonds is 25. The smallest absolute Gasteiger partial charge is 0.449 e. The molecule has 2 fully saturated rings. The van der Waals surface area contributed by atoms with Crippen molar-refractivity contribution < 1.29 is 180 Å². The van der Waals surface area contributed by atoms with Gasteiger partial charge in [0, 0.05) is 58.6 Å². The maximum atomic E-state index is 13.9. The highest BCUT2D eigenvalue weighted by atomic mass is 19.4. The zero-order valence-electron chi connectivity index (χ0n) is 61.5. The lowest BCUT2D eigenvalue weighted by atomic mass is 9.69. The fourth-order valence-electron chi connectivity index (χ4n) is 8.17. The van der Waals surface area contributed by atoms with E-state index in [1.54, 1.807) is 27.7 Å². The normalized spacial score (nSPS) is 21.6. The van der Waals surface area contributed by atoms with Gasteiger partial charge in [-0.3, -0.25) is 0 Å². The van der Waals surface area contributed by atoms with E-state index < -0.39 is 181 Å². The van der Waals surface area contributed by atoms with Crippen LogP contribution in [0.1, 0.15) is 175 Å². The minimum absolute atomic E-state index is 0.0954. The van der Waals surface area contributed by atoms with Crippen LogP contribution < -0.4 is 0 Å². The molecule has 0 amide bonds. The molecule has 9 unspecified atom stereocenters. The van der Waals surface area contributed by atoms with E-state index in [1.807, 2.05) is 0 Å². The van der Waals surface area contributed by atoms with Gasteiger partial charge in [-0.1, -0.05) is 46.4 Å². The Morgan fingerprint density at radius 1 is 0.481 bits per heavy atom. The molecule has 1 saturated heterocycles. The summed E-state index contributed by atoms with van der Waals surface area (Å²) in [6.07, 6.45) is -33.4. The predicted octanol–water partition coefficient (Wildman–Crippen LogP) is 14.8. The summed E-state index contributed by atoms with van der Waals surface area (Å²) < 4.78 is 287. The Balaban J connectivity index is -0.000000597. The second kappa shape index (κ2) is 40.3. The third kappa shape index (κ3) is 33.6. The Labute approximate surface area is 601 Å². The lowest BCUT2D eigenvalue weighted by Gasteiger charge is -2.44. The van der Waals surface area contributed by atoms with Gasteiger partial charge in [-0.25, -0.2) is 28.8 Å². The van der Waals surface area contributed by atoms with E-state index in [9.17, 15) is 132 Å². The molecule has 9 atom stereocenters. The van der Waals surface area contributed by atoms with Gasteiger partial charge in [0.05, 0.1) is 30.8 Å². The Morgan fingerprint density at radius 2 is 0.830 bits per heavy atom. The number of carbonyl (C=O) groups excluding carboxylic acids is 6. The SMILES string of the molecule is C=C(C)C(=O)OC(C)(C1CCC(C(C)(O)C(F)(F)F)CC1)C(F)(F)F.C=C(C)C(=O)OC(C)CC(C)(O)C(F)(F)F.C=C(C)C(=O)OC(CC)CC(C)(O)C(F)(F)F.C=C(C)C(=O)OCC1(C)COC(O)(C(F)(F)F)C1(F)F.C=C(C)C(=O)OCCC(C)(O)C(F)(F)F.C=C(C)C(=O)OCCCC(C)(C)O. The summed E-state index contributed by atoms with van der Waals surface area (Å²) in [6.45, 7) is 36.0. The average molecular weight is 1590 g/mol. The summed E-state index contributed by atoms with van der Waals surface area (Å²) >= 11 is 0. The third-order valence-electron chi connectivity index (χ3n) is 15.7. The first-order valence-corrected chi connectivity index (χ1v) is 31.6. The summed E-state index contributed by atoms with van der Waals surface area (Å²) in [5, 5.41) is 55.5. The molecule has 0 aromatic carbocycles. The van der Waals surface area contributed by atoms with Gasteiger partial charge in [0.2, 0.25) is 5.60 Å². The number of alkyl halides is 20. The molecule has 0 spiro atoms. The van der Waals surface area contributed by atoms with Crippen LogP contribution in [-0.2, 0) is 61.9 Å². The van der Waals surface area contributed by atoms with E-state index in [4.69, 9.17) is 24.8 Å². The molecule has 2 rings (SSSR count). The van der Waals surface area contributed by atoms with Gasteiger partial charge in [0.15, 0.2) is 22.4 Å².